The van der Waals surface area contributed by atoms with Gasteiger partial charge in [0.25, 0.3) is 5.91 Å². The molecule has 6 nitrogen and oxygen atoms in total. The van der Waals surface area contributed by atoms with E-state index in [1.807, 2.05) is 35.2 Å². The number of hydrogen-bond donors (Lipinski definition) is 2. The number of hydrogen-bond acceptors (Lipinski definition) is 3. The first-order valence-electron chi connectivity index (χ1n) is 6.93. The average Bonchev–Trinajstić information content (AvgIpc) is 3.22. The van der Waals surface area contributed by atoms with Crippen molar-refractivity contribution in [2.24, 2.45) is 5.73 Å². The highest BCUT2D eigenvalue weighted by Crippen LogP contribution is 2.23. The second-order valence-electron chi connectivity index (χ2n) is 4.82. The highest BCUT2D eigenvalue weighted by Gasteiger charge is 2.20. The number of carbonyl (C=O) groups excluding carboxylic acids is 2. The molecule has 122 valence electrons. The summed E-state index contributed by atoms with van der Waals surface area (Å²) >= 11 is 7.20. The first-order chi connectivity index (χ1) is 11.6. The lowest BCUT2D eigenvalue weighted by Crippen LogP contribution is -2.49. The number of nitrogens with two attached hydrogens (primary N) is 1. The van der Waals surface area contributed by atoms with Crippen LogP contribution in [0.25, 0.3) is 5.69 Å². The number of aromatic nitrogens is 1. The van der Waals surface area contributed by atoms with Crippen LogP contribution in [0.2, 0.25) is 5.02 Å². The van der Waals surface area contributed by atoms with Crippen LogP contribution in [-0.2, 0) is 0 Å². The predicted octanol–water partition coefficient (Wildman–Crippen LogP) is 3.42. The summed E-state index contributed by atoms with van der Waals surface area (Å²) in [5.74, 6) is -0.438. The van der Waals surface area contributed by atoms with Crippen LogP contribution in [0.1, 0.15) is 9.67 Å². The van der Waals surface area contributed by atoms with Gasteiger partial charge in [-0.15, -0.1) is 11.3 Å². The lowest BCUT2D eigenvalue weighted by Gasteiger charge is -2.21. The molecule has 0 aliphatic heterocycles. The van der Waals surface area contributed by atoms with Gasteiger partial charge in [0.05, 0.1) is 11.4 Å². The Hall–Kier alpha value is -2.77. The molecule has 0 saturated heterocycles. The van der Waals surface area contributed by atoms with Crippen molar-refractivity contribution >= 4 is 40.6 Å². The summed E-state index contributed by atoms with van der Waals surface area (Å²) in [4.78, 5) is 24.8. The summed E-state index contributed by atoms with van der Waals surface area (Å²) in [5, 5.41) is 3.20. The molecule has 3 aromatic rings. The van der Waals surface area contributed by atoms with Gasteiger partial charge in [0.2, 0.25) is 0 Å². The quantitative estimate of drug-likeness (QED) is 0.702. The maximum atomic E-state index is 12.6. The second-order valence-corrected chi connectivity index (χ2v) is 6.17. The molecule has 1 aromatic carbocycles. The topological polar surface area (TPSA) is 80.4 Å². The summed E-state index contributed by atoms with van der Waals surface area (Å²) < 4.78 is 1.82. The molecule has 3 N–H and O–H groups in total. The summed E-state index contributed by atoms with van der Waals surface area (Å²) in [5.41, 5.74) is 9.00. The molecular weight excluding hydrogens is 348 g/mol. The van der Waals surface area contributed by atoms with Crippen molar-refractivity contribution in [3.63, 3.8) is 0 Å². The Labute approximate surface area is 147 Å². The molecule has 0 aliphatic rings. The number of hydrazine groups is 1. The van der Waals surface area contributed by atoms with E-state index in [0.29, 0.717) is 15.6 Å². The van der Waals surface area contributed by atoms with E-state index < -0.39 is 11.9 Å². The summed E-state index contributed by atoms with van der Waals surface area (Å²) in [6.07, 6.45) is 3.67. The average molecular weight is 361 g/mol. The van der Waals surface area contributed by atoms with Crippen molar-refractivity contribution in [2.45, 2.75) is 0 Å². The van der Waals surface area contributed by atoms with E-state index in [1.165, 1.54) is 17.4 Å². The van der Waals surface area contributed by atoms with Gasteiger partial charge < -0.3 is 10.3 Å². The Kier molecular flexibility index (Phi) is 4.54. The molecule has 8 heteroatoms. The number of halogens is 1. The van der Waals surface area contributed by atoms with E-state index >= 15 is 0 Å². The van der Waals surface area contributed by atoms with Crippen LogP contribution in [-0.4, -0.2) is 16.5 Å². The Morgan fingerprint density at radius 1 is 1.17 bits per heavy atom. The van der Waals surface area contributed by atoms with Crippen LogP contribution < -0.4 is 16.2 Å². The van der Waals surface area contributed by atoms with Crippen molar-refractivity contribution in [3.05, 3.63) is 70.1 Å². The molecule has 2 aromatic heterocycles. The number of thiophene rings is 1. The zero-order chi connectivity index (χ0) is 17.1. The molecule has 0 fully saturated rings. The van der Waals surface area contributed by atoms with Gasteiger partial charge in [-0.05, 0) is 41.8 Å². The number of carbonyl (C=O) groups is 2. The normalized spacial score (nSPS) is 10.4. The summed E-state index contributed by atoms with van der Waals surface area (Å²) in [6, 6.07) is 11.2. The summed E-state index contributed by atoms with van der Waals surface area (Å²) in [7, 11) is 0. The Morgan fingerprint density at radius 3 is 2.58 bits per heavy atom. The minimum Gasteiger partial charge on any atom is -0.350 e. The molecule has 2 heterocycles. The number of nitrogens with one attached hydrogen (secondary N) is 1. The number of urea groups is 1. The lowest BCUT2D eigenvalue weighted by atomic mass is 10.3. The molecule has 0 aliphatic carbocycles. The SMILES string of the molecule is NC(=O)N(NC(=O)c1sccc1-n1cccc1)c1cccc(Cl)c1. The number of anilines is 1. The molecule has 0 radical (unpaired) electrons. The van der Waals surface area contributed by atoms with Crippen LogP contribution in [0.4, 0.5) is 10.5 Å². The van der Waals surface area contributed by atoms with Gasteiger partial charge in [-0.2, -0.15) is 0 Å². The molecule has 24 heavy (non-hydrogen) atoms. The fourth-order valence-corrected chi connectivity index (χ4v) is 3.15. The van der Waals surface area contributed by atoms with E-state index in [-0.39, 0.29) is 0 Å². The number of rotatable bonds is 3. The van der Waals surface area contributed by atoms with Crippen LogP contribution in [0, 0.1) is 0 Å². The van der Waals surface area contributed by atoms with Crippen LogP contribution >= 0.6 is 22.9 Å². The first kappa shape index (κ1) is 16.1. The minimum absolute atomic E-state index is 0.377. The molecule has 0 spiro atoms. The third kappa shape index (κ3) is 3.27. The van der Waals surface area contributed by atoms with Crippen LogP contribution in [0.5, 0.6) is 0 Å². The number of nitrogens with zero attached hydrogens (tertiary/aromatic N) is 2. The third-order valence-electron chi connectivity index (χ3n) is 3.23. The third-order valence-corrected chi connectivity index (χ3v) is 4.37. The minimum atomic E-state index is -0.815. The number of primary amides is 1. The van der Waals surface area contributed by atoms with Gasteiger partial charge in [0.1, 0.15) is 4.88 Å². The van der Waals surface area contributed by atoms with Crippen molar-refractivity contribution in [1.82, 2.24) is 9.99 Å². The van der Waals surface area contributed by atoms with Gasteiger partial charge in [-0.25, -0.2) is 9.80 Å². The van der Waals surface area contributed by atoms with E-state index in [1.54, 1.807) is 23.6 Å². The molecule has 0 atom stereocenters. The predicted molar refractivity (Wildman–Crippen MR) is 94.6 cm³/mol. The Bertz CT molecular complexity index is 876. The van der Waals surface area contributed by atoms with Crippen molar-refractivity contribution in [3.8, 4) is 5.69 Å². The maximum absolute atomic E-state index is 12.6. The Balaban J connectivity index is 1.88. The maximum Gasteiger partial charge on any atom is 0.338 e. The van der Waals surface area contributed by atoms with Gasteiger partial charge in [0.15, 0.2) is 0 Å². The highest BCUT2D eigenvalue weighted by atomic mass is 35.5. The molecule has 0 saturated carbocycles. The van der Waals surface area contributed by atoms with Gasteiger partial charge >= 0.3 is 6.03 Å². The number of benzene rings is 1. The first-order valence-corrected chi connectivity index (χ1v) is 8.19. The van der Waals surface area contributed by atoms with E-state index in [9.17, 15) is 9.59 Å². The van der Waals surface area contributed by atoms with Crippen LogP contribution in [0.3, 0.4) is 0 Å². The molecule has 3 amide bonds. The van der Waals surface area contributed by atoms with Crippen molar-refractivity contribution in [2.75, 3.05) is 5.01 Å². The van der Waals surface area contributed by atoms with E-state index in [4.69, 9.17) is 17.3 Å². The standard InChI is InChI=1S/C16H13ClN4O2S/c17-11-4-3-5-12(10-11)21(16(18)23)19-15(22)14-13(6-9-24-14)20-7-1-2-8-20/h1-10H,(H2,18,23)(H,19,22). The van der Waals surface area contributed by atoms with Crippen LogP contribution in [0.15, 0.2) is 60.2 Å². The van der Waals surface area contributed by atoms with Crippen molar-refractivity contribution < 1.29 is 9.59 Å². The van der Waals surface area contributed by atoms with E-state index in [2.05, 4.69) is 5.43 Å². The van der Waals surface area contributed by atoms with Gasteiger partial charge in [-0.3, -0.25) is 10.2 Å². The molecule has 0 bridgehead atoms. The molecular formula is C16H13ClN4O2S. The van der Waals surface area contributed by atoms with E-state index in [0.717, 1.165) is 10.7 Å². The highest BCUT2D eigenvalue weighted by molar-refractivity contribution is 7.12. The van der Waals surface area contributed by atoms with Gasteiger partial charge in [-0.1, -0.05) is 17.7 Å². The van der Waals surface area contributed by atoms with Crippen molar-refractivity contribution in [1.29, 1.82) is 0 Å². The largest absolute Gasteiger partial charge is 0.350 e. The molecule has 3 rings (SSSR count). The molecule has 0 unspecified atom stereocenters. The monoisotopic (exact) mass is 360 g/mol. The number of amides is 3. The Morgan fingerprint density at radius 2 is 1.92 bits per heavy atom. The fourth-order valence-electron chi connectivity index (χ4n) is 2.19. The smallest absolute Gasteiger partial charge is 0.338 e. The zero-order valence-corrected chi connectivity index (χ0v) is 13.9. The fraction of sp³-hybridized carbons (Fsp3) is 0. The lowest BCUT2D eigenvalue weighted by molar-refractivity contribution is 0.0955. The van der Waals surface area contributed by atoms with Gasteiger partial charge in [0, 0.05) is 17.4 Å². The summed E-state index contributed by atoms with van der Waals surface area (Å²) in [6.45, 7) is 0. The zero-order valence-electron chi connectivity index (χ0n) is 12.3. The second kappa shape index (κ2) is 6.77.